The second-order valence-corrected chi connectivity index (χ2v) is 9.33. The first-order valence-corrected chi connectivity index (χ1v) is 10.1. The van der Waals surface area contributed by atoms with Crippen molar-refractivity contribution in [1.82, 2.24) is 0 Å². The Balaban J connectivity index is 1.83. The summed E-state index contributed by atoms with van der Waals surface area (Å²) in [6.45, 7) is 8.43. The Morgan fingerprint density at radius 1 is 1.08 bits per heavy atom. The molecule has 0 fully saturated rings. The van der Waals surface area contributed by atoms with Crippen molar-refractivity contribution in [1.29, 1.82) is 0 Å². The van der Waals surface area contributed by atoms with E-state index in [2.05, 4.69) is 25.5 Å². The Morgan fingerprint density at radius 3 is 2.31 bits per heavy atom. The number of anilines is 2. The van der Waals surface area contributed by atoms with Gasteiger partial charge in [0.05, 0.1) is 4.90 Å². The summed E-state index contributed by atoms with van der Waals surface area (Å²) < 4.78 is 28.0. The number of sulfonamides is 1. The molecule has 5 nitrogen and oxygen atoms in total. The number of hydrogen-bond acceptors (Lipinski definition) is 3. The molecule has 3 rings (SSSR count). The number of nitrogens with zero attached hydrogens (tertiary/aromatic N) is 1. The van der Waals surface area contributed by atoms with Gasteiger partial charge in [-0.05, 0) is 53.3 Å². The minimum atomic E-state index is -3.65. The Hall–Kier alpha value is -2.34. The largest absolute Gasteiger partial charge is 0.312 e. The van der Waals surface area contributed by atoms with Crippen LogP contribution in [0.2, 0.25) is 0 Å². The van der Waals surface area contributed by atoms with Crippen molar-refractivity contribution in [2.45, 2.75) is 44.4 Å². The molecule has 0 spiro atoms. The van der Waals surface area contributed by atoms with Crippen LogP contribution >= 0.6 is 0 Å². The summed E-state index contributed by atoms with van der Waals surface area (Å²) in [6.07, 6.45) is 0.727. The molecule has 1 N–H and O–H groups in total. The number of rotatable bonds is 3. The van der Waals surface area contributed by atoms with Gasteiger partial charge in [0.15, 0.2) is 0 Å². The summed E-state index contributed by atoms with van der Waals surface area (Å²) in [5.41, 5.74) is 3.39. The quantitative estimate of drug-likeness (QED) is 0.893. The molecular weight excluding hydrogens is 348 g/mol. The topological polar surface area (TPSA) is 66.5 Å². The van der Waals surface area contributed by atoms with Gasteiger partial charge in [0.2, 0.25) is 5.91 Å². The SMILES string of the molecule is CC(=O)N1CCc2cc(NS(=O)(=O)c3ccc(C(C)(C)C)cc3)ccc21. The van der Waals surface area contributed by atoms with E-state index in [1.807, 2.05) is 12.1 Å². The van der Waals surface area contributed by atoms with Gasteiger partial charge in [0, 0.05) is 24.8 Å². The summed E-state index contributed by atoms with van der Waals surface area (Å²) >= 11 is 0. The van der Waals surface area contributed by atoms with E-state index in [4.69, 9.17) is 0 Å². The molecule has 0 saturated carbocycles. The lowest BCUT2D eigenvalue weighted by molar-refractivity contribution is -0.116. The highest BCUT2D eigenvalue weighted by atomic mass is 32.2. The van der Waals surface area contributed by atoms with E-state index in [-0.39, 0.29) is 16.2 Å². The van der Waals surface area contributed by atoms with Gasteiger partial charge < -0.3 is 4.90 Å². The van der Waals surface area contributed by atoms with Gasteiger partial charge in [0.1, 0.15) is 0 Å². The van der Waals surface area contributed by atoms with E-state index in [0.29, 0.717) is 12.2 Å². The molecule has 0 unspecified atom stereocenters. The first-order chi connectivity index (χ1) is 12.1. The third kappa shape index (κ3) is 3.60. The van der Waals surface area contributed by atoms with Crippen molar-refractivity contribution in [3.63, 3.8) is 0 Å². The zero-order chi connectivity index (χ0) is 19.1. The Kier molecular flexibility index (Phi) is 4.56. The van der Waals surface area contributed by atoms with E-state index < -0.39 is 10.0 Å². The Morgan fingerprint density at radius 2 is 1.73 bits per heavy atom. The normalized spacial score (nSPS) is 14.2. The molecule has 138 valence electrons. The maximum Gasteiger partial charge on any atom is 0.261 e. The van der Waals surface area contributed by atoms with Crippen molar-refractivity contribution >= 4 is 27.3 Å². The van der Waals surface area contributed by atoms with Crippen molar-refractivity contribution < 1.29 is 13.2 Å². The average Bonchev–Trinajstić information content (AvgIpc) is 2.97. The molecule has 1 aliphatic heterocycles. The second kappa shape index (κ2) is 6.43. The van der Waals surface area contributed by atoms with Crippen LogP contribution in [0.3, 0.4) is 0 Å². The molecule has 0 bridgehead atoms. The lowest BCUT2D eigenvalue weighted by Crippen LogP contribution is -2.25. The van der Waals surface area contributed by atoms with Crippen LogP contribution < -0.4 is 9.62 Å². The smallest absolute Gasteiger partial charge is 0.261 e. The molecule has 26 heavy (non-hydrogen) atoms. The van der Waals surface area contributed by atoms with Crippen LogP contribution in [0.25, 0.3) is 0 Å². The summed E-state index contributed by atoms with van der Waals surface area (Å²) in [4.78, 5) is 13.6. The molecule has 0 radical (unpaired) electrons. The van der Waals surface area contributed by atoms with Gasteiger partial charge in [-0.2, -0.15) is 0 Å². The van der Waals surface area contributed by atoms with Crippen LogP contribution in [0.1, 0.15) is 38.8 Å². The van der Waals surface area contributed by atoms with Gasteiger partial charge in [-0.25, -0.2) is 8.42 Å². The number of benzene rings is 2. The van der Waals surface area contributed by atoms with Crippen LogP contribution in [0.5, 0.6) is 0 Å². The van der Waals surface area contributed by atoms with Gasteiger partial charge in [-0.15, -0.1) is 0 Å². The Bertz CT molecular complexity index is 942. The predicted molar refractivity (Wildman–Crippen MR) is 104 cm³/mol. The molecule has 1 heterocycles. The van der Waals surface area contributed by atoms with Gasteiger partial charge in [-0.1, -0.05) is 32.9 Å². The minimum absolute atomic E-state index is 0.00369. The molecule has 1 aliphatic rings. The molecule has 0 aromatic heterocycles. The van der Waals surface area contributed by atoms with E-state index in [9.17, 15) is 13.2 Å². The molecule has 1 amide bonds. The van der Waals surface area contributed by atoms with Crippen molar-refractivity contribution in [3.8, 4) is 0 Å². The van der Waals surface area contributed by atoms with Crippen LogP contribution in [-0.4, -0.2) is 20.9 Å². The van der Waals surface area contributed by atoms with Crippen molar-refractivity contribution in [3.05, 3.63) is 53.6 Å². The Labute approximate surface area is 155 Å². The molecule has 2 aromatic rings. The fraction of sp³-hybridized carbons (Fsp3) is 0.350. The third-order valence-corrected chi connectivity index (χ3v) is 6.04. The monoisotopic (exact) mass is 372 g/mol. The van der Waals surface area contributed by atoms with E-state index >= 15 is 0 Å². The van der Waals surface area contributed by atoms with Crippen LogP contribution in [0.15, 0.2) is 47.4 Å². The lowest BCUT2D eigenvalue weighted by atomic mass is 9.87. The van der Waals surface area contributed by atoms with Gasteiger partial charge in [0.25, 0.3) is 10.0 Å². The maximum absolute atomic E-state index is 12.7. The highest BCUT2D eigenvalue weighted by Gasteiger charge is 2.23. The fourth-order valence-corrected chi connectivity index (χ4v) is 4.19. The number of fused-ring (bicyclic) bond motifs is 1. The predicted octanol–water partition coefficient (Wildman–Crippen LogP) is 3.69. The molecule has 2 aromatic carbocycles. The van der Waals surface area contributed by atoms with Crippen LogP contribution in [-0.2, 0) is 26.7 Å². The average molecular weight is 372 g/mol. The first kappa shape index (κ1) is 18.5. The molecular formula is C20H24N2O3S. The molecule has 0 aliphatic carbocycles. The first-order valence-electron chi connectivity index (χ1n) is 8.62. The zero-order valence-electron chi connectivity index (χ0n) is 15.5. The number of carbonyl (C=O) groups excluding carboxylic acids is 1. The number of carbonyl (C=O) groups is 1. The number of hydrogen-bond donors (Lipinski definition) is 1. The van der Waals surface area contributed by atoms with Crippen LogP contribution in [0.4, 0.5) is 11.4 Å². The van der Waals surface area contributed by atoms with Gasteiger partial charge in [-0.3, -0.25) is 9.52 Å². The lowest BCUT2D eigenvalue weighted by Gasteiger charge is -2.19. The third-order valence-electron chi connectivity index (χ3n) is 4.64. The van der Waals surface area contributed by atoms with Crippen molar-refractivity contribution in [2.75, 3.05) is 16.2 Å². The van der Waals surface area contributed by atoms with Crippen molar-refractivity contribution in [2.24, 2.45) is 0 Å². The maximum atomic E-state index is 12.7. The fourth-order valence-electron chi connectivity index (χ4n) is 3.14. The van der Waals surface area contributed by atoms with Crippen LogP contribution in [0, 0.1) is 0 Å². The second-order valence-electron chi connectivity index (χ2n) is 7.64. The highest BCUT2D eigenvalue weighted by Crippen LogP contribution is 2.31. The summed E-state index contributed by atoms with van der Waals surface area (Å²) in [5.74, 6) is -0.00369. The zero-order valence-corrected chi connectivity index (χ0v) is 16.4. The van der Waals surface area contributed by atoms with E-state index in [1.165, 1.54) is 6.92 Å². The molecule has 6 heteroatoms. The summed E-state index contributed by atoms with van der Waals surface area (Å²) in [5, 5.41) is 0. The number of nitrogens with one attached hydrogen (secondary N) is 1. The summed E-state index contributed by atoms with van der Waals surface area (Å²) in [7, 11) is -3.65. The van der Waals surface area contributed by atoms with E-state index in [0.717, 1.165) is 23.2 Å². The minimum Gasteiger partial charge on any atom is -0.312 e. The summed E-state index contributed by atoms with van der Waals surface area (Å²) in [6, 6.07) is 12.3. The van der Waals surface area contributed by atoms with E-state index in [1.54, 1.807) is 35.2 Å². The molecule has 0 atom stereocenters. The number of amides is 1. The van der Waals surface area contributed by atoms with Gasteiger partial charge >= 0.3 is 0 Å². The molecule has 0 saturated heterocycles. The highest BCUT2D eigenvalue weighted by molar-refractivity contribution is 7.92. The standard InChI is InChI=1S/C20H24N2O3S/c1-14(23)22-12-11-15-13-17(7-10-19(15)22)21-26(24,25)18-8-5-16(6-9-18)20(2,3)4/h5-10,13,21H,11-12H2,1-4H3.